The van der Waals surface area contributed by atoms with Crippen LogP contribution < -0.4 is 10.2 Å². The van der Waals surface area contributed by atoms with Crippen molar-refractivity contribution in [3.8, 4) is 17.1 Å². The van der Waals surface area contributed by atoms with Crippen LogP contribution in [0.15, 0.2) is 78.2 Å². The number of nitrogens with one attached hydrogen (secondary N) is 1. The number of amides is 1. The Morgan fingerprint density at radius 2 is 1.71 bits per heavy atom. The number of hydrogen-bond acceptors (Lipinski definition) is 6. The number of carbonyl (C=O) groups excluding carboxylic acids is 1. The lowest BCUT2D eigenvalue weighted by Gasteiger charge is -2.21. The van der Waals surface area contributed by atoms with Crippen LogP contribution in [-0.2, 0) is 4.79 Å². The van der Waals surface area contributed by atoms with Crippen molar-refractivity contribution in [2.24, 2.45) is 0 Å². The van der Waals surface area contributed by atoms with Gasteiger partial charge in [0.15, 0.2) is 11.0 Å². The molecule has 9 heteroatoms. The van der Waals surface area contributed by atoms with E-state index in [0.717, 1.165) is 42.9 Å². The first-order valence-corrected chi connectivity index (χ1v) is 12.1. The molecule has 0 radical (unpaired) electrons. The largest absolute Gasteiger partial charge is 0.370 e. The zero-order valence-corrected chi connectivity index (χ0v) is 19.2. The van der Waals surface area contributed by atoms with Crippen molar-refractivity contribution < 1.29 is 9.18 Å². The number of pyridine rings is 1. The lowest BCUT2D eigenvalue weighted by atomic mass is 10.2. The van der Waals surface area contributed by atoms with E-state index in [2.05, 4.69) is 25.4 Å². The first-order chi connectivity index (χ1) is 16.7. The van der Waals surface area contributed by atoms with Crippen LogP contribution in [0, 0.1) is 5.82 Å². The second-order valence-corrected chi connectivity index (χ2v) is 8.84. The Bertz CT molecular complexity index is 1270. The summed E-state index contributed by atoms with van der Waals surface area (Å²) in [5.74, 6) is 0.295. The number of anilines is 2. The van der Waals surface area contributed by atoms with Crippen molar-refractivity contribution in [2.45, 2.75) is 18.0 Å². The van der Waals surface area contributed by atoms with Gasteiger partial charge in [0.2, 0.25) is 5.91 Å². The fraction of sp³-hybridized carbons (Fsp3) is 0.200. The molecule has 1 aliphatic rings. The van der Waals surface area contributed by atoms with Gasteiger partial charge in [-0.1, -0.05) is 23.9 Å². The summed E-state index contributed by atoms with van der Waals surface area (Å²) in [4.78, 5) is 19.2. The lowest BCUT2D eigenvalue weighted by molar-refractivity contribution is -0.113. The van der Waals surface area contributed by atoms with Crippen molar-refractivity contribution in [1.82, 2.24) is 19.7 Å². The Morgan fingerprint density at radius 1 is 0.971 bits per heavy atom. The third-order valence-electron chi connectivity index (χ3n) is 5.61. The molecule has 0 saturated carbocycles. The summed E-state index contributed by atoms with van der Waals surface area (Å²) in [6.45, 7) is 2.00. The molecule has 172 valence electrons. The van der Waals surface area contributed by atoms with Crippen molar-refractivity contribution in [3.05, 3.63) is 78.9 Å². The minimum absolute atomic E-state index is 0.129. The normalized spacial score (nSPS) is 13.3. The summed E-state index contributed by atoms with van der Waals surface area (Å²) in [7, 11) is 0. The summed E-state index contributed by atoms with van der Waals surface area (Å²) < 4.78 is 15.4. The molecule has 0 bridgehead atoms. The summed E-state index contributed by atoms with van der Waals surface area (Å²) in [5.41, 5.74) is 3.39. The maximum absolute atomic E-state index is 13.5. The highest BCUT2D eigenvalue weighted by Gasteiger charge is 2.19. The summed E-state index contributed by atoms with van der Waals surface area (Å²) in [5, 5.41) is 12.3. The highest BCUT2D eigenvalue weighted by Crippen LogP contribution is 2.30. The fourth-order valence-corrected chi connectivity index (χ4v) is 4.76. The van der Waals surface area contributed by atoms with Crippen molar-refractivity contribution in [1.29, 1.82) is 0 Å². The van der Waals surface area contributed by atoms with Gasteiger partial charge in [-0.05, 0) is 61.4 Å². The number of rotatable bonds is 7. The molecule has 1 aliphatic heterocycles. The van der Waals surface area contributed by atoms with E-state index in [9.17, 15) is 9.18 Å². The molecule has 0 unspecified atom stereocenters. The Labute approximate surface area is 201 Å². The van der Waals surface area contributed by atoms with Gasteiger partial charge in [0.05, 0.1) is 17.1 Å². The van der Waals surface area contributed by atoms with Gasteiger partial charge in [0.25, 0.3) is 0 Å². The van der Waals surface area contributed by atoms with Gasteiger partial charge in [0, 0.05) is 36.7 Å². The molecule has 0 atom stereocenters. The van der Waals surface area contributed by atoms with E-state index in [4.69, 9.17) is 0 Å². The number of aromatic nitrogens is 4. The SMILES string of the molecule is O=C(CSc1nnc(-c2ccncc2)n1-c1ccc(F)cc1)Nc1ccccc1N1CCCC1. The molecule has 2 aromatic carbocycles. The van der Waals surface area contributed by atoms with Gasteiger partial charge in [-0.2, -0.15) is 0 Å². The lowest BCUT2D eigenvalue weighted by Crippen LogP contribution is -2.21. The van der Waals surface area contributed by atoms with E-state index >= 15 is 0 Å². The van der Waals surface area contributed by atoms with Crippen LogP contribution >= 0.6 is 11.8 Å². The summed E-state index contributed by atoms with van der Waals surface area (Å²) >= 11 is 1.28. The highest BCUT2D eigenvalue weighted by atomic mass is 32.2. The third kappa shape index (κ3) is 4.79. The van der Waals surface area contributed by atoms with Gasteiger partial charge < -0.3 is 10.2 Å². The predicted molar refractivity (Wildman–Crippen MR) is 132 cm³/mol. The number of benzene rings is 2. The maximum Gasteiger partial charge on any atom is 0.234 e. The minimum atomic E-state index is -0.326. The van der Waals surface area contributed by atoms with Gasteiger partial charge in [-0.3, -0.25) is 14.3 Å². The van der Waals surface area contributed by atoms with Crippen molar-refractivity contribution in [3.63, 3.8) is 0 Å². The Kier molecular flexibility index (Phi) is 6.53. The first kappa shape index (κ1) is 22.1. The zero-order chi connectivity index (χ0) is 23.3. The highest BCUT2D eigenvalue weighted by molar-refractivity contribution is 7.99. The van der Waals surface area contributed by atoms with Gasteiger partial charge in [-0.25, -0.2) is 4.39 Å². The number of para-hydroxylation sites is 2. The molecule has 1 N–H and O–H groups in total. The van der Waals surface area contributed by atoms with Crippen LogP contribution in [-0.4, -0.2) is 44.5 Å². The predicted octanol–water partition coefficient (Wildman–Crippen LogP) is 4.80. The molecule has 7 nitrogen and oxygen atoms in total. The Hall–Kier alpha value is -3.72. The molecular formula is C25H23FN6OS. The van der Waals surface area contributed by atoms with Crippen LogP contribution in [0.3, 0.4) is 0 Å². The summed E-state index contributed by atoms with van der Waals surface area (Å²) in [6.07, 6.45) is 5.68. The van der Waals surface area contributed by atoms with Crippen molar-refractivity contribution >= 4 is 29.0 Å². The molecule has 1 saturated heterocycles. The van der Waals surface area contributed by atoms with Crippen LogP contribution in [0.4, 0.5) is 15.8 Å². The monoisotopic (exact) mass is 474 g/mol. The zero-order valence-electron chi connectivity index (χ0n) is 18.4. The molecule has 5 rings (SSSR count). The standard InChI is InChI=1S/C25H23FN6OS/c26-19-7-9-20(10-8-19)32-24(18-11-13-27-14-12-18)29-30-25(32)34-17-23(33)28-21-5-1-2-6-22(21)31-15-3-4-16-31/h1-2,5-14H,3-4,15-17H2,(H,28,33). The molecule has 3 heterocycles. The molecule has 4 aromatic rings. The van der Waals surface area contributed by atoms with E-state index in [1.807, 2.05) is 41.0 Å². The van der Waals surface area contributed by atoms with Crippen molar-refractivity contribution in [2.75, 3.05) is 29.1 Å². The van der Waals surface area contributed by atoms with Crippen LogP contribution in [0.5, 0.6) is 0 Å². The van der Waals surface area contributed by atoms with Gasteiger partial charge in [0.1, 0.15) is 5.82 Å². The number of halogens is 1. The first-order valence-electron chi connectivity index (χ1n) is 11.1. The molecular weight excluding hydrogens is 451 g/mol. The Morgan fingerprint density at radius 3 is 2.47 bits per heavy atom. The quantitative estimate of drug-likeness (QED) is 0.388. The second-order valence-electron chi connectivity index (χ2n) is 7.90. The van der Waals surface area contributed by atoms with E-state index < -0.39 is 0 Å². The van der Waals surface area contributed by atoms with E-state index in [-0.39, 0.29) is 17.5 Å². The molecule has 34 heavy (non-hydrogen) atoms. The number of carbonyl (C=O) groups is 1. The van der Waals surface area contributed by atoms with E-state index in [1.165, 1.54) is 23.9 Å². The van der Waals surface area contributed by atoms with Crippen LogP contribution in [0.1, 0.15) is 12.8 Å². The molecule has 0 aliphatic carbocycles. The molecule has 1 amide bonds. The average Bonchev–Trinajstić information content (AvgIpc) is 3.55. The third-order valence-corrected chi connectivity index (χ3v) is 6.54. The molecule has 1 fully saturated rings. The molecule has 2 aromatic heterocycles. The fourth-order valence-electron chi connectivity index (χ4n) is 4.00. The minimum Gasteiger partial charge on any atom is -0.370 e. The average molecular weight is 475 g/mol. The van der Waals surface area contributed by atoms with E-state index in [0.29, 0.717) is 16.7 Å². The number of nitrogens with zero attached hydrogens (tertiary/aromatic N) is 5. The maximum atomic E-state index is 13.5. The number of thioether (sulfide) groups is 1. The summed E-state index contributed by atoms with van der Waals surface area (Å²) in [6, 6.07) is 17.7. The van der Waals surface area contributed by atoms with E-state index in [1.54, 1.807) is 24.5 Å². The molecule has 0 spiro atoms. The topological polar surface area (TPSA) is 75.9 Å². The van der Waals surface area contributed by atoms with Gasteiger partial charge in [-0.15, -0.1) is 10.2 Å². The smallest absolute Gasteiger partial charge is 0.234 e. The second kappa shape index (κ2) is 10.0. The van der Waals surface area contributed by atoms with Crippen LogP contribution in [0.2, 0.25) is 0 Å². The van der Waals surface area contributed by atoms with Gasteiger partial charge >= 0.3 is 0 Å². The Balaban J connectivity index is 1.36. The number of hydrogen-bond donors (Lipinski definition) is 1. The van der Waals surface area contributed by atoms with Crippen LogP contribution in [0.25, 0.3) is 17.1 Å².